The standard InChI is InChI=1S/C30H24N6/c1-4-10-24(11-5-1)29(35-22-31-20-33-35)25-16-18-28(19-17-25)30(36-23-32-21-34-36,26-12-6-2-7-13-26)27-14-8-3-9-15-27/h1-23,29H. The highest BCUT2D eigenvalue weighted by atomic mass is 15.4. The highest BCUT2D eigenvalue weighted by molar-refractivity contribution is 5.51. The topological polar surface area (TPSA) is 61.4 Å². The fraction of sp³-hybridized carbons (Fsp3) is 0.0667. The van der Waals surface area contributed by atoms with Gasteiger partial charge >= 0.3 is 0 Å². The third kappa shape index (κ3) is 3.69. The Labute approximate surface area is 209 Å². The number of nitrogens with zero attached hydrogens (tertiary/aromatic N) is 6. The second-order valence-electron chi connectivity index (χ2n) is 8.59. The van der Waals surface area contributed by atoms with E-state index in [2.05, 4.69) is 105 Å². The Morgan fingerprint density at radius 3 is 1.53 bits per heavy atom. The molecule has 6 aromatic rings. The Kier molecular flexibility index (Phi) is 5.68. The van der Waals surface area contributed by atoms with E-state index >= 15 is 0 Å². The Morgan fingerprint density at radius 1 is 0.500 bits per heavy atom. The van der Waals surface area contributed by atoms with Crippen LogP contribution in [0.3, 0.4) is 0 Å². The quantitative estimate of drug-likeness (QED) is 0.297. The van der Waals surface area contributed by atoms with Gasteiger partial charge in [0.05, 0.1) is 0 Å². The van der Waals surface area contributed by atoms with Crippen LogP contribution in [0, 0.1) is 0 Å². The van der Waals surface area contributed by atoms with Crippen LogP contribution in [0.15, 0.2) is 141 Å². The summed E-state index contributed by atoms with van der Waals surface area (Å²) in [6.45, 7) is 0. The molecule has 1 unspecified atom stereocenters. The average Bonchev–Trinajstić information content (AvgIpc) is 3.68. The van der Waals surface area contributed by atoms with E-state index in [0.29, 0.717) is 0 Å². The maximum atomic E-state index is 4.65. The number of hydrogen-bond acceptors (Lipinski definition) is 4. The largest absolute Gasteiger partial charge is 0.241 e. The minimum Gasteiger partial charge on any atom is -0.241 e. The normalized spacial score (nSPS) is 12.3. The molecule has 0 aliphatic heterocycles. The molecule has 0 N–H and O–H groups in total. The number of benzene rings is 4. The third-order valence-corrected chi connectivity index (χ3v) is 6.61. The van der Waals surface area contributed by atoms with Crippen LogP contribution < -0.4 is 0 Å². The molecule has 0 saturated carbocycles. The van der Waals surface area contributed by atoms with Crippen molar-refractivity contribution in [2.24, 2.45) is 0 Å². The van der Waals surface area contributed by atoms with Gasteiger partial charge in [-0.1, -0.05) is 115 Å². The molecular formula is C30H24N6. The van der Waals surface area contributed by atoms with Crippen molar-refractivity contribution in [2.45, 2.75) is 11.6 Å². The smallest absolute Gasteiger partial charge is 0.139 e. The van der Waals surface area contributed by atoms with Crippen molar-refractivity contribution >= 4 is 0 Å². The maximum absolute atomic E-state index is 4.65. The predicted octanol–water partition coefficient (Wildman–Crippen LogP) is 5.35. The average molecular weight is 469 g/mol. The lowest BCUT2D eigenvalue weighted by molar-refractivity contribution is 0.458. The van der Waals surface area contributed by atoms with Gasteiger partial charge in [0, 0.05) is 0 Å². The van der Waals surface area contributed by atoms with Gasteiger partial charge in [0.1, 0.15) is 36.9 Å². The minimum atomic E-state index is -0.687. The van der Waals surface area contributed by atoms with Gasteiger partial charge in [0.2, 0.25) is 0 Å². The fourth-order valence-corrected chi connectivity index (χ4v) is 5.03. The van der Waals surface area contributed by atoms with Crippen LogP contribution in [0.2, 0.25) is 0 Å². The summed E-state index contributed by atoms with van der Waals surface area (Å²) < 4.78 is 3.84. The van der Waals surface area contributed by atoms with E-state index in [1.54, 1.807) is 25.3 Å². The Bertz CT molecular complexity index is 1460. The number of aromatic nitrogens is 6. The predicted molar refractivity (Wildman–Crippen MR) is 138 cm³/mol. The first-order chi connectivity index (χ1) is 17.9. The molecule has 0 aliphatic rings. The highest BCUT2D eigenvalue weighted by Gasteiger charge is 2.39. The first-order valence-electron chi connectivity index (χ1n) is 11.8. The summed E-state index contributed by atoms with van der Waals surface area (Å²) in [5.74, 6) is 0. The van der Waals surface area contributed by atoms with E-state index in [1.807, 2.05) is 39.7 Å². The van der Waals surface area contributed by atoms with E-state index in [4.69, 9.17) is 0 Å². The van der Waals surface area contributed by atoms with Gasteiger partial charge in [0.15, 0.2) is 0 Å². The zero-order valence-corrected chi connectivity index (χ0v) is 19.5. The third-order valence-electron chi connectivity index (χ3n) is 6.61. The van der Waals surface area contributed by atoms with Crippen LogP contribution in [0.4, 0.5) is 0 Å². The van der Waals surface area contributed by atoms with Gasteiger partial charge in [-0.05, 0) is 27.8 Å². The number of rotatable bonds is 7. The molecule has 6 rings (SSSR count). The lowest BCUT2D eigenvalue weighted by Gasteiger charge is -2.36. The van der Waals surface area contributed by atoms with E-state index in [0.717, 1.165) is 27.8 Å². The summed E-state index contributed by atoms with van der Waals surface area (Å²) in [7, 11) is 0. The molecule has 0 radical (unpaired) electrons. The van der Waals surface area contributed by atoms with Crippen LogP contribution in [-0.2, 0) is 5.54 Å². The molecule has 6 nitrogen and oxygen atoms in total. The molecule has 0 amide bonds. The van der Waals surface area contributed by atoms with Crippen molar-refractivity contribution < 1.29 is 0 Å². The van der Waals surface area contributed by atoms with Gasteiger partial charge in [-0.3, -0.25) is 0 Å². The van der Waals surface area contributed by atoms with Gasteiger partial charge in [-0.15, -0.1) is 0 Å². The summed E-state index contributed by atoms with van der Waals surface area (Å²) in [6, 6.07) is 39.9. The van der Waals surface area contributed by atoms with Crippen molar-refractivity contribution in [2.75, 3.05) is 0 Å². The van der Waals surface area contributed by atoms with Crippen LogP contribution in [0.5, 0.6) is 0 Å². The molecule has 36 heavy (non-hydrogen) atoms. The minimum absolute atomic E-state index is 0.0861. The SMILES string of the molecule is c1ccc(C(c2ccc(C(c3ccccc3)(c3ccccc3)n3cncn3)cc2)n2cncn2)cc1. The van der Waals surface area contributed by atoms with Gasteiger partial charge < -0.3 is 0 Å². The van der Waals surface area contributed by atoms with E-state index in [1.165, 1.54) is 0 Å². The lowest BCUT2D eigenvalue weighted by Crippen LogP contribution is -2.38. The molecule has 6 heteroatoms. The van der Waals surface area contributed by atoms with Crippen LogP contribution in [0.1, 0.15) is 33.9 Å². The van der Waals surface area contributed by atoms with E-state index < -0.39 is 5.54 Å². The molecule has 174 valence electrons. The molecule has 2 aromatic heterocycles. The first-order valence-corrected chi connectivity index (χ1v) is 11.8. The molecule has 1 atom stereocenters. The summed E-state index contributed by atoms with van der Waals surface area (Å²) in [5, 5.41) is 9.11. The fourth-order valence-electron chi connectivity index (χ4n) is 5.03. The Morgan fingerprint density at radius 2 is 1.00 bits per heavy atom. The second-order valence-corrected chi connectivity index (χ2v) is 8.59. The molecule has 2 heterocycles. The Balaban J connectivity index is 1.55. The van der Waals surface area contributed by atoms with Gasteiger partial charge in [0.25, 0.3) is 0 Å². The number of hydrogen-bond donors (Lipinski definition) is 0. The molecule has 0 bridgehead atoms. The van der Waals surface area contributed by atoms with Crippen molar-refractivity contribution in [1.82, 2.24) is 29.5 Å². The van der Waals surface area contributed by atoms with Gasteiger partial charge in [-0.25, -0.2) is 19.3 Å². The van der Waals surface area contributed by atoms with Crippen LogP contribution in [0.25, 0.3) is 0 Å². The van der Waals surface area contributed by atoms with E-state index in [9.17, 15) is 0 Å². The summed E-state index contributed by atoms with van der Waals surface area (Å²) in [4.78, 5) is 8.51. The summed E-state index contributed by atoms with van der Waals surface area (Å²) >= 11 is 0. The van der Waals surface area contributed by atoms with Crippen molar-refractivity contribution in [1.29, 1.82) is 0 Å². The monoisotopic (exact) mass is 468 g/mol. The van der Waals surface area contributed by atoms with Gasteiger partial charge in [-0.2, -0.15) is 10.2 Å². The first kappa shape index (κ1) is 21.7. The lowest BCUT2D eigenvalue weighted by atomic mass is 9.76. The van der Waals surface area contributed by atoms with Crippen LogP contribution in [-0.4, -0.2) is 29.5 Å². The zero-order valence-electron chi connectivity index (χ0n) is 19.5. The molecule has 0 fully saturated rings. The summed E-state index contributed by atoms with van der Waals surface area (Å²) in [6.07, 6.45) is 6.71. The highest BCUT2D eigenvalue weighted by Crippen LogP contribution is 2.40. The molecule has 4 aromatic carbocycles. The van der Waals surface area contributed by atoms with E-state index in [-0.39, 0.29) is 6.04 Å². The zero-order chi connectivity index (χ0) is 24.2. The molecular weight excluding hydrogens is 444 g/mol. The summed E-state index contributed by atoms with van der Waals surface area (Å²) in [5.41, 5.74) is 4.86. The Hall–Kier alpha value is -4.84. The second kappa shape index (κ2) is 9.43. The van der Waals surface area contributed by atoms with Crippen molar-refractivity contribution in [3.63, 3.8) is 0 Å². The maximum Gasteiger partial charge on any atom is 0.139 e. The van der Waals surface area contributed by atoms with Crippen molar-refractivity contribution in [3.8, 4) is 0 Å². The van der Waals surface area contributed by atoms with Crippen molar-refractivity contribution in [3.05, 3.63) is 168 Å². The molecule has 0 aliphatic carbocycles. The van der Waals surface area contributed by atoms with Crippen LogP contribution >= 0.6 is 0 Å². The molecule has 0 saturated heterocycles. The molecule has 0 spiro atoms.